The van der Waals surface area contributed by atoms with Crippen LogP contribution in [0, 0.1) is 11.5 Å². The molecule has 0 bridgehead atoms. The van der Waals surface area contributed by atoms with Crippen molar-refractivity contribution < 1.29 is 38.5 Å². The first-order valence-electron chi connectivity index (χ1n) is 12.2. The monoisotopic (exact) mass is 612 g/mol. The van der Waals surface area contributed by atoms with E-state index in [0.717, 1.165) is 9.80 Å². The van der Waals surface area contributed by atoms with Gasteiger partial charge in [-0.15, -0.1) is 0 Å². The summed E-state index contributed by atoms with van der Waals surface area (Å²) in [4.78, 5) is 35.8. The number of methoxy groups -OCH3 is 2. The van der Waals surface area contributed by atoms with Crippen LogP contribution >= 0.6 is 10.2 Å². The van der Waals surface area contributed by atoms with E-state index in [2.05, 4.69) is 15.3 Å². The van der Waals surface area contributed by atoms with E-state index in [1.807, 2.05) is 6.19 Å². The second-order valence-corrected chi connectivity index (χ2v) is 11.7. The summed E-state index contributed by atoms with van der Waals surface area (Å²) in [5, 5.41) is 12.3. The molecule has 2 amide bonds. The summed E-state index contributed by atoms with van der Waals surface area (Å²) < 4.78 is 77.7. The molecule has 224 valence electrons. The van der Waals surface area contributed by atoms with Gasteiger partial charge in [0, 0.05) is 43.2 Å². The third-order valence-electron chi connectivity index (χ3n) is 6.53. The van der Waals surface area contributed by atoms with E-state index in [0.29, 0.717) is 12.1 Å². The Labute approximate surface area is 237 Å². The van der Waals surface area contributed by atoms with Crippen LogP contribution in [0.25, 0.3) is 0 Å². The molecule has 3 heterocycles. The van der Waals surface area contributed by atoms with Crippen molar-refractivity contribution in [1.82, 2.24) is 14.9 Å². The minimum absolute atomic E-state index is 0.0206. The zero-order valence-electron chi connectivity index (χ0n) is 22.2. The number of carbonyl (C=O) groups is 2. The maximum absolute atomic E-state index is 14.1. The van der Waals surface area contributed by atoms with Crippen LogP contribution in [0.3, 0.4) is 0 Å². The standard InChI is InChI=1S/C26H25F5N6O4S/c1-40-20-12-22(36(15-20)16-32)26(39)37(19-6-8-21(9-7-19)42(27,28,29,30)31)24(17-4-3-11-33-13-17)25(38)35-18-5-10-23(41-2)34-14-18/h3-11,13-14,20,22,24H,12,15H2,1-2H3,(H,35,38). The van der Waals surface area contributed by atoms with Gasteiger partial charge in [-0.05, 0) is 36.4 Å². The Kier molecular flexibility index (Phi) is 7.78. The first kappa shape index (κ1) is 30.5. The number of halogens is 5. The molecule has 1 fully saturated rings. The van der Waals surface area contributed by atoms with Crippen LogP contribution in [0.1, 0.15) is 18.0 Å². The number of ether oxygens (including phenoxy) is 2. The summed E-state index contributed by atoms with van der Waals surface area (Å²) in [5.74, 6) is -1.43. The third-order valence-corrected chi connectivity index (χ3v) is 7.69. The smallest absolute Gasteiger partial charge is 0.310 e. The van der Waals surface area contributed by atoms with Gasteiger partial charge in [0.05, 0.1) is 31.6 Å². The Bertz CT molecular complexity index is 1490. The van der Waals surface area contributed by atoms with Gasteiger partial charge in [0.25, 0.3) is 11.8 Å². The summed E-state index contributed by atoms with van der Waals surface area (Å²) in [6, 6.07) is 4.78. The van der Waals surface area contributed by atoms with E-state index >= 15 is 0 Å². The molecule has 0 saturated carbocycles. The highest BCUT2D eigenvalue weighted by Crippen LogP contribution is 3.02. The molecule has 1 aromatic carbocycles. The minimum atomic E-state index is -10.0. The van der Waals surface area contributed by atoms with Gasteiger partial charge in [0.2, 0.25) is 5.88 Å². The fourth-order valence-electron chi connectivity index (χ4n) is 4.48. The number of nitrogens with one attached hydrogen (secondary N) is 1. The Morgan fingerprint density at radius 2 is 1.81 bits per heavy atom. The Morgan fingerprint density at radius 3 is 2.33 bits per heavy atom. The Hall–Kier alpha value is -4.49. The molecule has 3 aromatic rings. The van der Waals surface area contributed by atoms with Crippen molar-refractivity contribution in [2.75, 3.05) is 31.0 Å². The highest BCUT2D eigenvalue weighted by molar-refractivity contribution is 8.45. The number of pyridine rings is 2. The number of anilines is 2. The number of aromatic nitrogens is 2. The van der Waals surface area contributed by atoms with Gasteiger partial charge >= 0.3 is 10.2 Å². The van der Waals surface area contributed by atoms with Crippen molar-refractivity contribution in [3.8, 4) is 12.1 Å². The predicted octanol–water partition coefficient (Wildman–Crippen LogP) is 5.43. The molecule has 0 aliphatic carbocycles. The topological polar surface area (TPSA) is 121 Å². The van der Waals surface area contributed by atoms with Crippen LogP contribution in [0.5, 0.6) is 5.88 Å². The van der Waals surface area contributed by atoms with Gasteiger partial charge in [0.15, 0.2) is 6.19 Å². The lowest BCUT2D eigenvalue weighted by Crippen LogP contribution is -2.49. The molecule has 42 heavy (non-hydrogen) atoms. The zero-order valence-corrected chi connectivity index (χ0v) is 23.0. The SMILES string of the molecule is COc1ccc(NC(=O)C(c2cccnc2)N(C(=O)C2CC(OC)CN2C#N)c2ccc(S(F)(F)(F)(F)F)cc2)cn1. The Balaban J connectivity index is 1.84. The van der Waals surface area contributed by atoms with E-state index in [1.165, 1.54) is 57.1 Å². The van der Waals surface area contributed by atoms with Crippen LogP contribution in [0.15, 0.2) is 72.0 Å². The van der Waals surface area contributed by atoms with Crippen molar-refractivity contribution in [1.29, 1.82) is 5.26 Å². The van der Waals surface area contributed by atoms with E-state index in [-0.39, 0.29) is 47.9 Å². The highest BCUT2D eigenvalue weighted by atomic mass is 32.5. The van der Waals surface area contributed by atoms with Gasteiger partial charge in [-0.25, -0.2) is 4.98 Å². The van der Waals surface area contributed by atoms with Crippen LogP contribution in [-0.4, -0.2) is 59.6 Å². The van der Waals surface area contributed by atoms with E-state index in [1.54, 1.807) is 0 Å². The first-order chi connectivity index (χ1) is 19.6. The number of carbonyl (C=O) groups excluding carboxylic acids is 2. The van der Waals surface area contributed by atoms with Gasteiger partial charge in [-0.2, -0.15) is 5.26 Å². The second kappa shape index (κ2) is 10.7. The molecule has 0 radical (unpaired) electrons. The second-order valence-electron chi connectivity index (χ2n) is 9.30. The molecule has 1 N–H and O–H groups in total. The lowest BCUT2D eigenvalue weighted by molar-refractivity contribution is -0.126. The zero-order chi connectivity index (χ0) is 30.8. The van der Waals surface area contributed by atoms with Gasteiger partial charge in [-0.1, -0.05) is 25.5 Å². The minimum Gasteiger partial charge on any atom is -0.481 e. The number of benzene rings is 1. The molecule has 1 saturated heterocycles. The molecule has 3 atom stereocenters. The number of nitrogens with zero attached hydrogens (tertiary/aromatic N) is 5. The molecule has 2 aromatic heterocycles. The lowest BCUT2D eigenvalue weighted by atomic mass is 10.0. The molecule has 1 aliphatic heterocycles. The van der Waals surface area contributed by atoms with Crippen molar-refractivity contribution in [3.63, 3.8) is 0 Å². The average Bonchev–Trinajstić information content (AvgIpc) is 3.39. The third kappa shape index (κ3) is 6.69. The highest BCUT2D eigenvalue weighted by Gasteiger charge is 2.65. The van der Waals surface area contributed by atoms with Crippen LogP contribution in [-0.2, 0) is 14.3 Å². The summed E-state index contributed by atoms with van der Waals surface area (Å²) in [5.41, 5.74) is 0.0324. The van der Waals surface area contributed by atoms with Gasteiger partial charge < -0.3 is 14.8 Å². The van der Waals surface area contributed by atoms with Crippen molar-refractivity contribution in [3.05, 3.63) is 72.7 Å². The normalized spacial score (nSPS) is 19.1. The van der Waals surface area contributed by atoms with Crippen molar-refractivity contribution in [2.45, 2.75) is 29.5 Å². The summed E-state index contributed by atoms with van der Waals surface area (Å²) >= 11 is 0. The fourth-order valence-corrected chi connectivity index (χ4v) is 5.13. The molecule has 16 heteroatoms. The van der Waals surface area contributed by atoms with E-state index in [4.69, 9.17) is 9.47 Å². The Morgan fingerprint density at radius 1 is 1.10 bits per heavy atom. The van der Waals surface area contributed by atoms with E-state index < -0.39 is 45.1 Å². The lowest BCUT2D eigenvalue weighted by Gasteiger charge is -2.41. The molecule has 4 rings (SSSR count). The van der Waals surface area contributed by atoms with Gasteiger partial charge in [-0.3, -0.25) is 24.4 Å². The maximum atomic E-state index is 14.1. The van der Waals surface area contributed by atoms with Crippen LogP contribution < -0.4 is 15.0 Å². The largest absolute Gasteiger partial charge is 0.481 e. The summed E-state index contributed by atoms with van der Waals surface area (Å²) in [7, 11) is -7.26. The molecule has 1 aliphatic rings. The average molecular weight is 613 g/mol. The van der Waals surface area contributed by atoms with Crippen LogP contribution in [0.2, 0.25) is 0 Å². The van der Waals surface area contributed by atoms with E-state index in [9.17, 15) is 34.3 Å². The quantitative estimate of drug-likeness (QED) is 0.251. The number of nitriles is 1. The fraction of sp³-hybridized carbons (Fsp3) is 0.269. The van der Waals surface area contributed by atoms with Crippen LogP contribution in [0.4, 0.5) is 30.8 Å². The van der Waals surface area contributed by atoms with Crippen molar-refractivity contribution >= 4 is 33.4 Å². The summed E-state index contributed by atoms with van der Waals surface area (Å²) in [6.07, 6.45) is 5.33. The summed E-state index contributed by atoms with van der Waals surface area (Å²) in [6.45, 7) is 0.0433. The number of rotatable bonds is 9. The molecular weight excluding hydrogens is 587 g/mol. The molecular formula is C26H25F5N6O4S. The van der Waals surface area contributed by atoms with Crippen molar-refractivity contribution in [2.24, 2.45) is 0 Å². The predicted molar refractivity (Wildman–Crippen MR) is 143 cm³/mol. The number of hydrogen-bond acceptors (Lipinski definition) is 8. The van der Waals surface area contributed by atoms with Gasteiger partial charge in [0.1, 0.15) is 17.0 Å². The maximum Gasteiger partial charge on any atom is 0.310 e. The first-order valence-corrected chi connectivity index (χ1v) is 14.2. The number of likely N-dealkylation sites (tertiary alicyclic amines) is 1. The molecule has 0 spiro atoms. The number of amides is 2. The molecule has 3 unspecified atom stereocenters. The molecule has 10 nitrogen and oxygen atoms in total. The number of hydrogen-bond donors (Lipinski definition) is 1.